The van der Waals surface area contributed by atoms with Crippen LogP contribution >= 0.6 is 0 Å². The lowest BCUT2D eigenvalue weighted by Gasteiger charge is -2.21. The third kappa shape index (κ3) is 3.45. The van der Waals surface area contributed by atoms with E-state index in [-0.39, 0.29) is 10.6 Å². The highest BCUT2D eigenvalue weighted by atomic mass is 28.2. The fourth-order valence-electron chi connectivity index (χ4n) is 1.19. The molecule has 0 spiro atoms. The zero-order valence-corrected chi connectivity index (χ0v) is 11.3. The predicted octanol–water partition coefficient (Wildman–Crippen LogP) is 1.09. The molecule has 1 aromatic rings. The Kier molecular flexibility index (Phi) is 3.99. The van der Waals surface area contributed by atoms with Gasteiger partial charge in [-0.05, 0) is 11.6 Å². The lowest BCUT2D eigenvalue weighted by Crippen LogP contribution is -2.27. The lowest BCUT2D eigenvalue weighted by atomic mass is 10.2. The van der Waals surface area contributed by atoms with Crippen molar-refractivity contribution in [2.24, 2.45) is 0 Å². The van der Waals surface area contributed by atoms with Crippen LogP contribution in [0, 0.1) is 10.1 Å². The second-order valence-corrected chi connectivity index (χ2v) is 5.08. The van der Waals surface area contributed by atoms with Gasteiger partial charge in [-0.15, -0.1) is 0 Å². The summed E-state index contributed by atoms with van der Waals surface area (Å²) in [4.78, 5) is 10.1. The van der Waals surface area contributed by atoms with Gasteiger partial charge in [0.25, 0.3) is 5.69 Å². The predicted molar refractivity (Wildman–Crippen MR) is 63.7 cm³/mol. The Balaban J connectivity index is 2.68. The van der Waals surface area contributed by atoms with Crippen LogP contribution in [-0.2, 0) is 6.54 Å². The summed E-state index contributed by atoms with van der Waals surface area (Å²) in [6, 6.07) is 7.30. The molecule has 0 atom stereocenters. The van der Waals surface area contributed by atoms with E-state index >= 15 is 0 Å². The first-order valence-corrected chi connectivity index (χ1v) is 5.83. The Labute approximate surface area is 92.6 Å². The van der Waals surface area contributed by atoms with Crippen LogP contribution in [0.25, 0.3) is 0 Å². The van der Waals surface area contributed by atoms with Gasteiger partial charge in [-0.1, -0.05) is 26.0 Å². The largest absolute Gasteiger partial charge is 0.326 e. The highest BCUT2D eigenvalue weighted by Gasteiger charge is 2.06. The second kappa shape index (κ2) is 5.04. The van der Waals surface area contributed by atoms with E-state index in [1.165, 1.54) is 0 Å². The fraction of sp³-hybridized carbons (Fsp3) is 0.400. The smallest absolute Gasteiger partial charge is 0.269 e. The van der Waals surface area contributed by atoms with Crippen LogP contribution in [0.2, 0.25) is 0 Å². The third-order valence-corrected chi connectivity index (χ3v) is 3.81. The van der Waals surface area contributed by atoms with Crippen molar-refractivity contribution >= 4 is 16.1 Å². The summed E-state index contributed by atoms with van der Waals surface area (Å²) in [6.45, 7) is 5.18. The van der Waals surface area contributed by atoms with Crippen LogP contribution in [-0.4, -0.2) is 25.9 Å². The van der Waals surface area contributed by atoms with Gasteiger partial charge in [0, 0.05) is 18.7 Å². The normalized spacial score (nSPS) is 11.2. The van der Waals surface area contributed by atoms with Crippen molar-refractivity contribution in [1.82, 2.24) is 4.57 Å². The van der Waals surface area contributed by atoms with Gasteiger partial charge in [0.2, 0.25) is 0 Å². The molecule has 0 aromatic heterocycles. The minimum atomic E-state index is -0.370. The first-order chi connectivity index (χ1) is 7.00. The summed E-state index contributed by atoms with van der Waals surface area (Å²) in [5.74, 6) is 0. The molecule has 0 radical (unpaired) electrons. The van der Waals surface area contributed by atoms with Crippen molar-refractivity contribution in [2.45, 2.75) is 26.4 Å². The zero-order chi connectivity index (χ0) is 11.4. The van der Waals surface area contributed by atoms with Gasteiger partial charge in [0.15, 0.2) is 0 Å². The topological polar surface area (TPSA) is 46.4 Å². The fourth-order valence-corrected chi connectivity index (χ4v) is 1.56. The molecule has 0 bridgehead atoms. The molecule has 0 aliphatic carbocycles. The molecule has 4 nitrogen and oxygen atoms in total. The molecule has 0 fully saturated rings. The molecule has 1 aromatic carbocycles. The Hall–Kier alpha value is -1.20. The molecule has 0 amide bonds. The second-order valence-electron chi connectivity index (χ2n) is 3.93. The number of nitro benzene ring substituents is 1. The Morgan fingerprint density at radius 2 is 1.93 bits per heavy atom. The minimum Gasteiger partial charge on any atom is -0.326 e. The van der Waals surface area contributed by atoms with Gasteiger partial charge in [-0.25, -0.2) is 0 Å². The quantitative estimate of drug-likeness (QED) is 0.437. The SMILES string of the molecule is CC(C)N([SiH3])Cc1ccc([N+](=O)[O-])cc1. The summed E-state index contributed by atoms with van der Waals surface area (Å²) in [7, 11) is 1.00. The minimum absolute atomic E-state index is 0.156. The van der Waals surface area contributed by atoms with Crippen LogP contribution in [0.5, 0.6) is 0 Å². The molecular formula is C10H16N2O2Si. The van der Waals surface area contributed by atoms with Crippen molar-refractivity contribution in [3.05, 3.63) is 39.9 Å². The molecule has 15 heavy (non-hydrogen) atoms. The van der Waals surface area contributed by atoms with Gasteiger partial charge in [-0.2, -0.15) is 0 Å². The Morgan fingerprint density at radius 1 is 1.40 bits per heavy atom. The van der Waals surface area contributed by atoms with Gasteiger partial charge < -0.3 is 4.57 Å². The van der Waals surface area contributed by atoms with E-state index in [4.69, 9.17) is 0 Å². The molecule has 82 valence electrons. The number of non-ortho nitro benzene ring substituents is 1. The van der Waals surface area contributed by atoms with E-state index in [0.717, 1.165) is 22.5 Å². The van der Waals surface area contributed by atoms with Crippen LogP contribution in [0.1, 0.15) is 19.4 Å². The average Bonchev–Trinajstić information content (AvgIpc) is 2.18. The van der Waals surface area contributed by atoms with Crippen molar-refractivity contribution in [2.75, 3.05) is 0 Å². The zero-order valence-electron chi connectivity index (χ0n) is 9.30. The van der Waals surface area contributed by atoms with Gasteiger partial charge >= 0.3 is 0 Å². The van der Waals surface area contributed by atoms with Crippen LogP contribution in [0.3, 0.4) is 0 Å². The molecule has 0 saturated carbocycles. The van der Waals surface area contributed by atoms with E-state index in [9.17, 15) is 10.1 Å². The lowest BCUT2D eigenvalue weighted by molar-refractivity contribution is -0.384. The van der Waals surface area contributed by atoms with E-state index in [1.807, 2.05) is 12.1 Å². The summed E-state index contributed by atoms with van der Waals surface area (Å²) in [6.07, 6.45) is 0. The van der Waals surface area contributed by atoms with Gasteiger partial charge in [-0.3, -0.25) is 10.1 Å². The number of benzene rings is 1. The van der Waals surface area contributed by atoms with E-state index in [0.29, 0.717) is 6.04 Å². The number of hydrogen-bond donors (Lipinski definition) is 0. The van der Waals surface area contributed by atoms with Crippen molar-refractivity contribution in [3.8, 4) is 0 Å². The average molecular weight is 224 g/mol. The molecular weight excluding hydrogens is 208 g/mol. The summed E-state index contributed by atoms with van der Waals surface area (Å²) >= 11 is 0. The maximum Gasteiger partial charge on any atom is 0.269 e. The van der Waals surface area contributed by atoms with Gasteiger partial charge in [0.05, 0.1) is 15.3 Å². The summed E-state index contributed by atoms with van der Waals surface area (Å²) < 4.78 is 2.32. The maximum absolute atomic E-state index is 10.4. The number of nitrogens with zero attached hydrogens (tertiary/aromatic N) is 2. The first kappa shape index (κ1) is 11.9. The maximum atomic E-state index is 10.4. The Morgan fingerprint density at radius 3 is 2.33 bits per heavy atom. The summed E-state index contributed by atoms with van der Waals surface area (Å²) in [5.41, 5.74) is 1.28. The van der Waals surface area contributed by atoms with Crippen LogP contribution < -0.4 is 0 Å². The van der Waals surface area contributed by atoms with Crippen molar-refractivity contribution in [3.63, 3.8) is 0 Å². The van der Waals surface area contributed by atoms with Crippen LogP contribution in [0.4, 0.5) is 5.69 Å². The molecule has 0 saturated heterocycles. The molecule has 0 aliphatic heterocycles. The monoisotopic (exact) mass is 224 g/mol. The molecule has 0 aliphatic rings. The number of hydrogen-bond acceptors (Lipinski definition) is 3. The molecule has 0 unspecified atom stereocenters. The standard InChI is InChI=1S/C10H16N2O2Si/c1-8(2)11(15)7-9-3-5-10(6-4-9)12(13)14/h3-6,8H,7H2,1-2,15H3. The highest BCUT2D eigenvalue weighted by Crippen LogP contribution is 2.13. The number of nitro groups is 1. The van der Waals surface area contributed by atoms with E-state index in [1.54, 1.807) is 12.1 Å². The number of rotatable bonds is 4. The molecule has 0 N–H and O–H groups in total. The molecule has 0 heterocycles. The van der Waals surface area contributed by atoms with Crippen LogP contribution in [0.15, 0.2) is 24.3 Å². The van der Waals surface area contributed by atoms with Gasteiger partial charge in [0.1, 0.15) is 0 Å². The van der Waals surface area contributed by atoms with Crippen molar-refractivity contribution in [1.29, 1.82) is 0 Å². The third-order valence-electron chi connectivity index (χ3n) is 2.46. The molecule has 5 heteroatoms. The summed E-state index contributed by atoms with van der Waals surface area (Å²) in [5, 5.41) is 10.4. The Bertz CT molecular complexity index is 338. The van der Waals surface area contributed by atoms with E-state index < -0.39 is 0 Å². The van der Waals surface area contributed by atoms with E-state index in [2.05, 4.69) is 18.4 Å². The highest BCUT2D eigenvalue weighted by molar-refractivity contribution is 6.04. The molecule has 1 rings (SSSR count). The van der Waals surface area contributed by atoms with Crippen molar-refractivity contribution < 1.29 is 4.92 Å². The first-order valence-electron chi connectivity index (χ1n) is 4.94.